The van der Waals surface area contributed by atoms with Gasteiger partial charge in [0.1, 0.15) is 5.56 Å². The van der Waals surface area contributed by atoms with Crippen LogP contribution in [0.3, 0.4) is 0 Å². The summed E-state index contributed by atoms with van der Waals surface area (Å²) in [6.07, 6.45) is 0. The van der Waals surface area contributed by atoms with Gasteiger partial charge in [-0.05, 0) is 19.9 Å². The van der Waals surface area contributed by atoms with Crippen LogP contribution >= 0.6 is 0 Å². The van der Waals surface area contributed by atoms with Crippen LogP contribution in [0.4, 0.5) is 15.8 Å². The fourth-order valence-corrected chi connectivity index (χ4v) is 2.39. The monoisotopic (exact) mass is 298 g/mol. The van der Waals surface area contributed by atoms with Crippen LogP contribution in [-0.4, -0.2) is 41.3 Å². The van der Waals surface area contributed by atoms with Crippen LogP contribution in [0, 0.1) is 15.9 Å². The number of ether oxygens (including phenoxy) is 1. The molecule has 8 heteroatoms. The van der Waals surface area contributed by atoms with Gasteiger partial charge in [-0.2, -0.15) is 0 Å². The van der Waals surface area contributed by atoms with Crippen molar-refractivity contribution in [1.29, 1.82) is 0 Å². The van der Waals surface area contributed by atoms with E-state index in [0.29, 0.717) is 25.8 Å². The first kappa shape index (κ1) is 15.2. The molecule has 1 N–H and O–H groups in total. The minimum absolute atomic E-state index is 0.0336. The summed E-state index contributed by atoms with van der Waals surface area (Å²) < 4.78 is 19.5. The van der Waals surface area contributed by atoms with Crippen molar-refractivity contribution in [1.82, 2.24) is 0 Å². The molecule has 21 heavy (non-hydrogen) atoms. The van der Waals surface area contributed by atoms with Gasteiger partial charge >= 0.3 is 5.97 Å². The van der Waals surface area contributed by atoms with Crippen molar-refractivity contribution < 1.29 is 24.0 Å². The van der Waals surface area contributed by atoms with Crippen LogP contribution in [0.15, 0.2) is 12.1 Å². The number of rotatable bonds is 3. The smallest absolute Gasteiger partial charge is 0.342 e. The lowest BCUT2D eigenvalue weighted by Gasteiger charge is -2.43. The summed E-state index contributed by atoms with van der Waals surface area (Å²) in [5.74, 6) is -2.28. The van der Waals surface area contributed by atoms with E-state index in [1.807, 2.05) is 13.8 Å². The van der Waals surface area contributed by atoms with Crippen LogP contribution < -0.4 is 4.90 Å². The summed E-state index contributed by atoms with van der Waals surface area (Å²) in [6.45, 7) is 4.76. The highest BCUT2D eigenvalue weighted by atomic mass is 19.1. The summed E-state index contributed by atoms with van der Waals surface area (Å²) in [4.78, 5) is 22.8. The maximum atomic E-state index is 14.2. The van der Waals surface area contributed by atoms with Crippen molar-refractivity contribution in [2.24, 2.45) is 0 Å². The predicted molar refractivity (Wildman–Crippen MR) is 72.3 cm³/mol. The van der Waals surface area contributed by atoms with Crippen LogP contribution in [0.1, 0.15) is 24.2 Å². The molecule has 0 amide bonds. The fraction of sp³-hybridized carbons (Fsp3) is 0.462. The molecule has 1 saturated heterocycles. The van der Waals surface area contributed by atoms with E-state index in [9.17, 15) is 19.3 Å². The molecule has 0 bridgehead atoms. The normalized spacial score (nSPS) is 17.6. The largest absolute Gasteiger partial charge is 0.477 e. The molecule has 1 aromatic rings. The number of carboxylic acid groups (broad SMARTS) is 1. The molecule has 1 heterocycles. The van der Waals surface area contributed by atoms with E-state index in [1.54, 1.807) is 4.90 Å². The predicted octanol–water partition coefficient (Wildman–Crippen LogP) is 2.05. The number of nitro groups is 1. The van der Waals surface area contributed by atoms with E-state index >= 15 is 0 Å². The molecule has 0 radical (unpaired) electrons. The SMILES string of the molecule is CC1(C)COCCN1c1cc(C(=O)O)c([N+](=O)[O-])cc1F. The number of nitrogens with zero attached hydrogens (tertiary/aromatic N) is 2. The van der Waals surface area contributed by atoms with E-state index in [-0.39, 0.29) is 5.69 Å². The Balaban J connectivity index is 2.57. The van der Waals surface area contributed by atoms with Crippen molar-refractivity contribution in [2.75, 3.05) is 24.7 Å². The van der Waals surface area contributed by atoms with Crippen LogP contribution in [0.25, 0.3) is 0 Å². The fourth-order valence-electron chi connectivity index (χ4n) is 2.39. The van der Waals surface area contributed by atoms with Gasteiger partial charge in [0.15, 0.2) is 5.82 Å². The number of hydrogen-bond donors (Lipinski definition) is 1. The summed E-state index contributed by atoms with van der Waals surface area (Å²) in [5, 5.41) is 19.9. The molecular formula is C13H15FN2O5. The maximum absolute atomic E-state index is 14.2. The van der Waals surface area contributed by atoms with Gasteiger partial charge in [0, 0.05) is 6.54 Å². The van der Waals surface area contributed by atoms with Crippen molar-refractivity contribution in [2.45, 2.75) is 19.4 Å². The van der Waals surface area contributed by atoms with Gasteiger partial charge in [-0.1, -0.05) is 0 Å². The molecule has 1 fully saturated rings. The quantitative estimate of drug-likeness (QED) is 0.678. The second kappa shape index (κ2) is 5.28. The van der Waals surface area contributed by atoms with Gasteiger partial charge in [-0.3, -0.25) is 10.1 Å². The summed E-state index contributed by atoms with van der Waals surface area (Å²) >= 11 is 0. The second-order valence-electron chi connectivity index (χ2n) is 5.40. The molecule has 7 nitrogen and oxygen atoms in total. The number of nitro benzene ring substituents is 1. The zero-order chi connectivity index (χ0) is 15.8. The molecule has 1 aromatic carbocycles. The van der Waals surface area contributed by atoms with Gasteiger partial charge < -0.3 is 14.7 Å². The van der Waals surface area contributed by atoms with Crippen molar-refractivity contribution in [3.63, 3.8) is 0 Å². The van der Waals surface area contributed by atoms with Crippen molar-refractivity contribution in [3.8, 4) is 0 Å². The number of morpholine rings is 1. The minimum Gasteiger partial charge on any atom is -0.477 e. The molecule has 2 rings (SSSR count). The van der Waals surface area contributed by atoms with E-state index < -0.39 is 33.5 Å². The molecule has 1 aliphatic rings. The zero-order valence-corrected chi connectivity index (χ0v) is 11.6. The number of carbonyl (C=O) groups is 1. The summed E-state index contributed by atoms with van der Waals surface area (Å²) in [5.41, 5.74) is -1.79. The Bertz CT molecular complexity index is 602. The van der Waals surface area contributed by atoms with Gasteiger partial charge in [0.2, 0.25) is 0 Å². The molecule has 0 aromatic heterocycles. The molecule has 0 spiro atoms. The van der Waals surface area contributed by atoms with Crippen LogP contribution in [-0.2, 0) is 4.74 Å². The number of benzene rings is 1. The van der Waals surface area contributed by atoms with E-state index in [4.69, 9.17) is 9.84 Å². The van der Waals surface area contributed by atoms with Gasteiger partial charge in [0.05, 0.1) is 35.4 Å². The van der Waals surface area contributed by atoms with Crippen molar-refractivity contribution >= 4 is 17.3 Å². The average Bonchev–Trinajstić information content (AvgIpc) is 2.38. The number of aromatic carboxylic acids is 1. The highest BCUT2D eigenvalue weighted by Crippen LogP contribution is 2.33. The van der Waals surface area contributed by atoms with Crippen LogP contribution in [0.2, 0.25) is 0 Å². The first-order valence-corrected chi connectivity index (χ1v) is 6.30. The topological polar surface area (TPSA) is 92.9 Å². The number of carboxylic acids is 1. The van der Waals surface area contributed by atoms with Gasteiger partial charge in [-0.25, -0.2) is 9.18 Å². The summed E-state index contributed by atoms with van der Waals surface area (Å²) in [6, 6.07) is 1.67. The molecule has 0 unspecified atom stereocenters. The molecule has 0 atom stereocenters. The lowest BCUT2D eigenvalue weighted by Crippen LogP contribution is -2.53. The Morgan fingerprint density at radius 2 is 2.19 bits per heavy atom. The minimum atomic E-state index is -1.46. The molecular weight excluding hydrogens is 283 g/mol. The molecule has 0 aliphatic carbocycles. The Labute approximate surface area is 120 Å². The highest BCUT2D eigenvalue weighted by molar-refractivity contribution is 5.93. The Hall–Kier alpha value is -2.22. The molecule has 0 saturated carbocycles. The zero-order valence-electron chi connectivity index (χ0n) is 11.6. The van der Waals surface area contributed by atoms with E-state index in [2.05, 4.69) is 0 Å². The Morgan fingerprint density at radius 3 is 2.71 bits per heavy atom. The molecule has 1 aliphatic heterocycles. The third kappa shape index (κ3) is 2.80. The van der Waals surface area contributed by atoms with Gasteiger partial charge in [0.25, 0.3) is 5.69 Å². The third-order valence-corrected chi connectivity index (χ3v) is 3.43. The average molecular weight is 298 g/mol. The lowest BCUT2D eigenvalue weighted by atomic mass is 10.00. The summed E-state index contributed by atoms with van der Waals surface area (Å²) in [7, 11) is 0. The maximum Gasteiger partial charge on any atom is 0.342 e. The number of halogens is 1. The van der Waals surface area contributed by atoms with E-state index in [1.165, 1.54) is 0 Å². The molecule has 114 valence electrons. The third-order valence-electron chi connectivity index (χ3n) is 3.43. The van der Waals surface area contributed by atoms with Gasteiger partial charge in [-0.15, -0.1) is 0 Å². The number of hydrogen-bond acceptors (Lipinski definition) is 5. The van der Waals surface area contributed by atoms with Crippen LogP contribution in [0.5, 0.6) is 0 Å². The first-order chi connectivity index (χ1) is 9.74. The highest BCUT2D eigenvalue weighted by Gasteiger charge is 2.34. The van der Waals surface area contributed by atoms with Crippen molar-refractivity contribution in [3.05, 3.63) is 33.6 Å². The second-order valence-corrected chi connectivity index (χ2v) is 5.40. The lowest BCUT2D eigenvalue weighted by molar-refractivity contribution is -0.385. The Morgan fingerprint density at radius 1 is 1.52 bits per heavy atom. The standard InChI is InChI=1S/C13H15FN2O5/c1-13(2)7-21-4-3-15(13)11-5-8(12(17)18)10(16(19)20)6-9(11)14/h5-6H,3-4,7H2,1-2H3,(H,17,18). The number of anilines is 1. The Kier molecular flexibility index (Phi) is 3.82. The first-order valence-electron chi connectivity index (χ1n) is 6.30. The van der Waals surface area contributed by atoms with E-state index in [0.717, 1.165) is 6.07 Å².